The zero-order valence-electron chi connectivity index (χ0n) is 13.8. The third kappa shape index (κ3) is 3.59. The Hall–Kier alpha value is -2.35. The molecule has 0 saturated carbocycles. The minimum Gasteiger partial charge on any atom is -0.301 e. The Morgan fingerprint density at radius 3 is 2.71 bits per heavy atom. The average Bonchev–Trinajstić information content (AvgIpc) is 2.99. The van der Waals surface area contributed by atoms with E-state index in [9.17, 15) is 0 Å². The van der Waals surface area contributed by atoms with Gasteiger partial charge in [-0.05, 0) is 50.2 Å². The number of likely N-dealkylation sites (N-methyl/N-ethyl adjacent to an activating group) is 1. The molecule has 0 bridgehead atoms. The largest absolute Gasteiger partial charge is 0.301 e. The average molecular weight is 339 g/mol. The lowest BCUT2D eigenvalue weighted by Crippen LogP contribution is -2.30. The Morgan fingerprint density at radius 2 is 2.00 bits per heavy atom. The van der Waals surface area contributed by atoms with Crippen LogP contribution in [-0.4, -0.2) is 27.4 Å². The van der Waals surface area contributed by atoms with Crippen LogP contribution in [0.2, 0.25) is 5.02 Å². The summed E-state index contributed by atoms with van der Waals surface area (Å²) in [5, 5.41) is 9.84. The molecule has 1 unspecified atom stereocenters. The molecule has 1 aromatic carbocycles. The topological polar surface area (TPSA) is 44.3 Å². The van der Waals surface area contributed by atoms with E-state index in [1.807, 2.05) is 35.0 Å². The number of hydrogen-bond donors (Lipinski definition) is 0. The Bertz CT molecular complexity index is 877. The molecule has 3 rings (SSSR count). The van der Waals surface area contributed by atoms with Crippen LogP contribution in [0.15, 0.2) is 48.8 Å². The molecule has 0 radical (unpaired) electrons. The van der Waals surface area contributed by atoms with Gasteiger partial charge >= 0.3 is 0 Å². The number of imidazole rings is 1. The fourth-order valence-electron chi connectivity index (χ4n) is 2.74. The van der Waals surface area contributed by atoms with E-state index in [1.165, 1.54) is 5.56 Å². The van der Waals surface area contributed by atoms with E-state index in [0.29, 0.717) is 11.6 Å². The van der Waals surface area contributed by atoms with Crippen LogP contribution in [0.1, 0.15) is 23.7 Å². The van der Waals surface area contributed by atoms with E-state index < -0.39 is 0 Å². The van der Waals surface area contributed by atoms with Crippen LogP contribution in [0.4, 0.5) is 0 Å². The zero-order valence-corrected chi connectivity index (χ0v) is 14.5. The van der Waals surface area contributed by atoms with Crippen molar-refractivity contribution in [1.82, 2.24) is 14.3 Å². The van der Waals surface area contributed by atoms with Crippen LogP contribution in [0.25, 0.3) is 5.65 Å². The van der Waals surface area contributed by atoms with Crippen LogP contribution in [0.5, 0.6) is 0 Å². The van der Waals surface area contributed by atoms with Gasteiger partial charge in [-0.1, -0.05) is 23.7 Å². The van der Waals surface area contributed by atoms with Crippen molar-refractivity contribution in [3.8, 4) is 6.07 Å². The van der Waals surface area contributed by atoms with Crippen molar-refractivity contribution in [2.24, 2.45) is 0 Å². The molecule has 0 amide bonds. The molecule has 4 nitrogen and oxygen atoms in total. The number of nitrogens with zero attached hydrogens (tertiary/aromatic N) is 4. The Balaban J connectivity index is 1.73. The predicted octanol–water partition coefficient (Wildman–Crippen LogP) is 3.92. The summed E-state index contributed by atoms with van der Waals surface area (Å²) in [5.41, 5.74) is 3.84. The van der Waals surface area contributed by atoms with Crippen molar-refractivity contribution < 1.29 is 0 Å². The molecule has 24 heavy (non-hydrogen) atoms. The fraction of sp³-hybridized carbons (Fsp3) is 0.263. The van der Waals surface area contributed by atoms with Crippen LogP contribution in [0.3, 0.4) is 0 Å². The summed E-state index contributed by atoms with van der Waals surface area (Å²) in [6, 6.07) is 14.2. The first-order chi connectivity index (χ1) is 11.6. The number of hydrogen-bond acceptors (Lipinski definition) is 3. The molecule has 0 spiro atoms. The highest BCUT2D eigenvalue weighted by Crippen LogP contribution is 2.15. The highest BCUT2D eigenvalue weighted by molar-refractivity contribution is 6.30. The van der Waals surface area contributed by atoms with Gasteiger partial charge in [0.25, 0.3) is 0 Å². The van der Waals surface area contributed by atoms with E-state index >= 15 is 0 Å². The van der Waals surface area contributed by atoms with Crippen molar-refractivity contribution >= 4 is 17.2 Å². The van der Waals surface area contributed by atoms with Crippen LogP contribution < -0.4 is 0 Å². The number of halogens is 1. The molecule has 5 heteroatoms. The minimum absolute atomic E-state index is 0.371. The standard InChI is InChI=1S/C19H19ClN4/c1-14(9-15-3-6-17(20)7-4-15)23(2)13-18-11-22-19-8-5-16(10-21)12-24(18)19/h3-8,11-12,14H,9,13H2,1-2H3. The Morgan fingerprint density at radius 1 is 1.25 bits per heavy atom. The molecule has 0 fully saturated rings. The van der Waals surface area contributed by atoms with Gasteiger partial charge < -0.3 is 4.40 Å². The van der Waals surface area contributed by atoms with Crippen LogP contribution >= 0.6 is 11.6 Å². The fourth-order valence-corrected chi connectivity index (χ4v) is 2.87. The lowest BCUT2D eigenvalue weighted by molar-refractivity contribution is 0.244. The lowest BCUT2D eigenvalue weighted by Gasteiger charge is -2.24. The van der Waals surface area contributed by atoms with Gasteiger partial charge in [-0.25, -0.2) is 4.98 Å². The van der Waals surface area contributed by atoms with E-state index in [4.69, 9.17) is 16.9 Å². The number of nitriles is 1. The third-order valence-electron chi connectivity index (χ3n) is 4.32. The second kappa shape index (κ2) is 7.04. The van der Waals surface area contributed by atoms with E-state index in [1.54, 1.807) is 6.07 Å². The van der Waals surface area contributed by atoms with Gasteiger partial charge in [-0.15, -0.1) is 0 Å². The monoisotopic (exact) mass is 338 g/mol. The molecule has 0 saturated heterocycles. The first-order valence-electron chi connectivity index (χ1n) is 7.87. The quantitative estimate of drug-likeness (QED) is 0.708. The molecule has 0 aliphatic heterocycles. The van der Waals surface area contributed by atoms with Crippen molar-refractivity contribution in [2.45, 2.75) is 25.9 Å². The normalized spacial score (nSPS) is 12.5. The molecule has 1 atom stereocenters. The first kappa shape index (κ1) is 16.5. The molecule has 122 valence electrons. The summed E-state index contributed by atoms with van der Waals surface area (Å²) in [4.78, 5) is 6.70. The summed E-state index contributed by atoms with van der Waals surface area (Å²) in [7, 11) is 2.11. The zero-order chi connectivity index (χ0) is 17.1. The molecule has 0 N–H and O–H groups in total. The van der Waals surface area contributed by atoms with Crippen molar-refractivity contribution in [2.75, 3.05) is 7.05 Å². The Kier molecular flexibility index (Phi) is 4.84. The summed E-state index contributed by atoms with van der Waals surface area (Å²) in [6.07, 6.45) is 4.67. The Labute approximate surface area is 146 Å². The minimum atomic E-state index is 0.371. The number of pyridine rings is 1. The lowest BCUT2D eigenvalue weighted by atomic mass is 10.1. The second-order valence-corrected chi connectivity index (χ2v) is 6.54. The van der Waals surface area contributed by atoms with Crippen LogP contribution in [0, 0.1) is 11.3 Å². The number of aromatic nitrogens is 2. The summed E-state index contributed by atoms with van der Waals surface area (Å²) in [5.74, 6) is 0. The molecule has 0 aliphatic rings. The maximum atomic E-state index is 9.08. The SMILES string of the molecule is CC(Cc1ccc(Cl)cc1)N(C)Cc1cnc2ccc(C#N)cn12. The molecular weight excluding hydrogens is 320 g/mol. The van der Waals surface area contributed by atoms with Crippen molar-refractivity contribution in [3.63, 3.8) is 0 Å². The van der Waals surface area contributed by atoms with E-state index in [0.717, 1.165) is 29.3 Å². The summed E-state index contributed by atoms with van der Waals surface area (Å²) >= 11 is 5.94. The van der Waals surface area contributed by atoms with Gasteiger partial charge in [0.05, 0.1) is 17.5 Å². The second-order valence-electron chi connectivity index (χ2n) is 6.10. The number of benzene rings is 1. The molecule has 2 aromatic heterocycles. The molecule has 2 heterocycles. The van der Waals surface area contributed by atoms with Crippen molar-refractivity contribution in [1.29, 1.82) is 5.26 Å². The van der Waals surface area contributed by atoms with Gasteiger partial charge in [0.1, 0.15) is 11.7 Å². The van der Waals surface area contributed by atoms with Gasteiger partial charge in [-0.2, -0.15) is 5.26 Å². The maximum absolute atomic E-state index is 9.08. The summed E-state index contributed by atoms with van der Waals surface area (Å²) < 4.78 is 1.99. The maximum Gasteiger partial charge on any atom is 0.137 e. The predicted molar refractivity (Wildman–Crippen MR) is 96.0 cm³/mol. The van der Waals surface area contributed by atoms with Gasteiger partial charge in [0.15, 0.2) is 0 Å². The van der Waals surface area contributed by atoms with Crippen molar-refractivity contribution in [3.05, 3.63) is 70.6 Å². The third-order valence-corrected chi connectivity index (χ3v) is 4.57. The van der Waals surface area contributed by atoms with Gasteiger partial charge in [0.2, 0.25) is 0 Å². The number of rotatable bonds is 5. The number of fused-ring (bicyclic) bond motifs is 1. The van der Waals surface area contributed by atoms with E-state index in [-0.39, 0.29) is 0 Å². The van der Waals surface area contributed by atoms with Gasteiger partial charge in [0, 0.05) is 23.8 Å². The first-order valence-corrected chi connectivity index (χ1v) is 8.25. The molecule has 3 aromatic rings. The smallest absolute Gasteiger partial charge is 0.137 e. The summed E-state index contributed by atoms with van der Waals surface area (Å²) in [6.45, 7) is 2.98. The highest BCUT2D eigenvalue weighted by Gasteiger charge is 2.13. The molecular formula is C19H19ClN4. The van der Waals surface area contributed by atoms with Gasteiger partial charge in [-0.3, -0.25) is 4.90 Å². The molecule has 0 aliphatic carbocycles. The van der Waals surface area contributed by atoms with E-state index in [2.05, 4.69) is 42.1 Å². The highest BCUT2D eigenvalue weighted by atomic mass is 35.5. The van der Waals surface area contributed by atoms with Crippen LogP contribution in [-0.2, 0) is 13.0 Å².